The number of nitrogens with one attached hydrogen (secondary N) is 1. The topological polar surface area (TPSA) is 64.0 Å². The van der Waals surface area contributed by atoms with E-state index in [0.29, 0.717) is 26.1 Å². The lowest BCUT2D eigenvalue weighted by Gasteiger charge is -2.16. The van der Waals surface area contributed by atoms with Gasteiger partial charge in [-0.15, -0.1) is 11.3 Å². The van der Waals surface area contributed by atoms with Gasteiger partial charge in [0, 0.05) is 16.0 Å². The summed E-state index contributed by atoms with van der Waals surface area (Å²) in [5, 5.41) is 3.85. The van der Waals surface area contributed by atoms with E-state index in [2.05, 4.69) is 5.32 Å². The van der Waals surface area contributed by atoms with E-state index in [9.17, 15) is 18.4 Å². The number of carbonyl (C=O) groups is 1. The normalized spacial score (nSPS) is 13.1. The predicted molar refractivity (Wildman–Crippen MR) is 137 cm³/mol. The molecular weight excluding hydrogens is 512 g/mol. The van der Waals surface area contributed by atoms with Crippen molar-refractivity contribution < 1.29 is 13.6 Å². The average molecular weight is 532 g/mol. The minimum atomic E-state index is -0.736. The summed E-state index contributed by atoms with van der Waals surface area (Å²) < 4.78 is 28.9. The maximum atomic E-state index is 13.9. The molecule has 0 bridgehead atoms. The first kappa shape index (κ1) is 24.0. The second-order valence-corrected chi connectivity index (χ2v) is 10.7. The summed E-state index contributed by atoms with van der Waals surface area (Å²) in [4.78, 5) is 33.0. The fraction of sp³-hybridized carbons (Fsp3) is 0.240. The molecule has 5 rings (SSSR count). The van der Waals surface area contributed by atoms with E-state index in [-0.39, 0.29) is 17.0 Å². The number of anilines is 1. The number of halogens is 3. The molecule has 0 saturated carbocycles. The van der Waals surface area contributed by atoms with Crippen LogP contribution in [-0.2, 0) is 17.6 Å². The van der Waals surface area contributed by atoms with Gasteiger partial charge in [0.2, 0.25) is 5.91 Å². The van der Waals surface area contributed by atoms with Crippen molar-refractivity contribution in [1.82, 2.24) is 9.55 Å². The quantitative estimate of drug-likeness (QED) is 0.242. The van der Waals surface area contributed by atoms with Crippen molar-refractivity contribution in [2.45, 2.75) is 37.8 Å². The van der Waals surface area contributed by atoms with Gasteiger partial charge in [-0.2, -0.15) is 0 Å². The molecule has 1 aliphatic carbocycles. The third-order valence-corrected chi connectivity index (χ3v) is 8.51. The molecule has 0 atom stereocenters. The Hall–Kier alpha value is -2.75. The summed E-state index contributed by atoms with van der Waals surface area (Å²) in [7, 11) is 0. The summed E-state index contributed by atoms with van der Waals surface area (Å²) in [6.07, 6.45) is 3.88. The van der Waals surface area contributed by atoms with Crippen LogP contribution in [0.4, 0.5) is 14.5 Å². The number of amides is 1. The smallest absolute Gasteiger partial charge is 0.267 e. The van der Waals surface area contributed by atoms with Crippen molar-refractivity contribution in [3.63, 3.8) is 0 Å². The van der Waals surface area contributed by atoms with Crippen molar-refractivity contribution in [3.8, 4) is 5.69 Å². The Morgan fingerprint density at radius 1 is 1.23 bits per heavy atom. The van der Waals surface area contributed by atoms with Gasteiger partial charge in [0.15, 0.2) is 5.16 Å². The minimum absolute atomic E-state index is 0.154. The van der Waals surface area contributed by atoms with Crippen LogP contribution < -0.4 is 10.9 Å². The zero-order valence-electron chi connectivity index (χ0n) is 18.7. The van der Waals surface area contributed by atoms with Crippen molar-refractivity contribution in [2.75, 3.05) is 11.1 Å². The Bertz CT molecular complexity index is 1530. The second kappa shape index (κ2) is 9.72. The number of benzene rings is 2. The molecule has 10 heteroatoms. The molecule has 5 nitrogen and oxygen atoms in total. The van der Waals surface area contributed by atoms with E-state index in [1.54, 1.807) is 18.2 Å². The minimum Gasteiger partial charge on any atom is -0.323 e. The number of aryl methyl sites for hydroxylation is 2. The molecule has 180 valence electrons. The number of thiophene rings is 1. The molecule has 1 aliphatic rings. The zero-order chi connectivity index (χ0) is 24.7. The highest BCUT2D eigenvalue weighted by molar-refractivity contribution is 7.99. The largest absolute Gasteiger partial charge is 0.323 e. The Kier molecular flexibility index (Phi) is 6.65. The molecule has 0 radical (unpaired) electrons. The highest BCUT2D eigenvalue weighted by atomic mass is 35.5. The third-order valence-electron chi connectivity index (χ3n) is 5.97. The summed E-state index contributed by atoms with van der Waals surface area (Å²) in [5.41, 5.74) is 1.94. The average Bonchev–Trinajstić information content (AvgIpc) is 3.21. The van der Waals surface area contributed by atoms with Gasteiger partial charge < -0.3 is 5.32 Å². The van der Waals surface area contributed by atoms with Crippen molar-refractivity contribution in [1.29, 1.82) is 0 Å². The Morgan fingerprint density at radius 2 is 2.03 bits per heavy atom. The molecule has 2 aromatic heterocycles. The summed E-state index contributed by atoms with van der Waals surface area (Å²) in [6, 6.07) is 8.15. The summed E-state index contributed by atoms with van der Waals surface area (Å²) >= 11 is 8.94. The SMILES string of the molecule is Cc1c(Cl)cccc1-n1c(SCC(=O)Nc2cc(F)ccc2F)nc2sc3c(c2c1=O)CCCC3. The number of carbonyl (C=O) groups excluding carboxylic acids is 1. The monoisotopic (exact) mass is 531 g/mol. The van der Waals surface area contributed by atoms with Crippen LogP contribution in [0.25, 0.3) is 15.9 Å². The van der Waals surface area contributed by atoms with Gasteiger partial charge in [-0.25, -0.2) is 13.8 Å². The van der Waals surface area contributed by atoms with Gasteiger partial charge in [-0.1, -0.05) is 29.4 Å². The third kappa shape index (κ3) is 4.60. The molecule has 0 aliphatic heterocycles. The van der Waals surface area contributed by atoms with Crippen LogP contribution in [-0.4, -0.2) is 21.2 Å². The van der Waals surface area contributed by atoms with E-state index in [1.807, 2.05) is 6.92 Å². The van der Waals surface area contributed by atoms with E-state index in [1.165, 1.54) is 20.8 Å². The van der Waals surface area contributed by atoms with Gasteiger partial charge in [-0.3, -0.25) is 14.2 Å². The molecule has 4 aromatic rings. The van der Waals surface area contributed by atoms with E-state index in [4.69, 9.17) is 16.6 Å². The van der Waals surface area contributed by atoms with E-state index < -0.39 is 17.5 Å². The molecule has 2 aromatic carbocycles. The molecule has 0 unspecified atom stereocenters. The van der Waals surface area contributed by atoms with E-state index in [0.717, 1.165) is 66.8 Å². The van der Waals surface area contributed by atoms with Crippen LogP contribution >= 0.6 is 34.7 Å². The number of aromatic nitrogens is 2. The number of hydrogen-bond donors (Lipinski definition) is 1. The van der Waals surface area contributed by atoms with E-state index >= 15 is 0 Å². The van der Waals surface area contributed by atoms with Gasteiger partial charge in [0.1, 0.15) is 16.5 Å². The van der Waals surface area contributed by atoms with Crippen LogP contribution in [0.15, 0.2) is 46.3 Å². The van der Waals surface area contributed by atoms with Gasteiger partial charge in [0.05, 0.1) is 22.5 Å². The standard InChI is InChI=1S/C25H20ClF2N3O2S2/c1-13-16(26)6-4-7-19(13)31-24(33)22-15-5-2-3-8-20(15)35-23(22)30-25(31)34-12-21(32)29-18-11-14(27)9-10-17(18)28/h4,6-7,9-11H,2-3,5,8,12H2,1H3,(H,29,32). The summed E-state index contributed by atoms with van der Waals surface area (Å²) in [5.74, 6) is -2.10. The first-order valence-corrected chi connectivity index (χ1v) is 13.2. The fourth-order valence-corrected chi connectivity index (χ4v) is 6.52. The lowest BCUT2D eigenvalue weighted by Crippen LogP contribution is -2.24. The summed E-state index contributed by atoms with van der Waals surface area (Å²) in [6.45, 7) is 1.82. The number of hydrogen-bond acceptors (Lipinski definition) is 5. The maximum absolute atomic E-state index is 13.9. The van der Waals surface area contributed by atoms with Crippen LogP contribution in [0.1, 0.15) is 28.8 Å². The maximum Gasteiger partial charge on any atom is 0.267 e. The van der Waals surface area contributed by atoms with Crippen molar-refractivity contribution in [3.05, 3.63) is 79.4 Å². The molecule has 1 N–H and O–H groups in total. The number of thioether (sulfide) groups is 1. The fourth-order valence-electron chi connectivity index (χ4n) is 4.24. The molecule has 1 amide bonds. The highest BCUT2D eigenvalue weighted by Gasteiger charge is 2.24. The first-order valence-electron chi connectivity index (χ1n) is 11.0. The number of nitrogens with zero attached hydrogens (tertiary/aromatic N) is 2. The van der Waals surface area contributed by atoms with Gasteiger partial charge in [-0.05, 0) is 68.0 Å². The lowest BCUT2D eigenvalue weighted by atomic mass is 9.97. The zero-order valence-corrected chi connectivity index (χ0v) is 21.0. The van der Waals surface area contributed by atoms with Crippen molar-refractivity contribution >= 4 is 56.5 Å². The molecule has 0 saturated heterocycles. The molecule has 2 heterocycles. The van der Waals surface area contributed by atoms with Crippen LogP contribution in [0.2, 0.25) is 5.02 Å². The Morgan fingerprint density at radius 3 is 2.86 bits per heavy atom. The number of rotatable bonds is 5. The predicted octanol–water partition coefficient (Wildman–Crippen LogP) is 6.30. The lowest BCUT2D eigenvalue weighted by molar-refractivity contribution is -0.113. The highest BCUT2D eigenvalue weighted by Crippen LogP contribution is 2.36. The first-order chi connectivity index (χ1) is 16.8. The molecular formula is C25H20ClF2N3O2S2. The van der Waals surface area contributed by atoms with Gasteiger partial charge in [0.25, 0.3) is 5.56 Å². The van der Waals surface area contributed by atoms with Crippen LogP contribution in [0.5, 0.6) is 0 Å². The number of fused-ring (bicyclic) bond motifs is 3. The van der Waals surface area contributed by atoms with Crippen LogP contribution in [0.3, 0.4) is 0 Å². The van der Waals surface area contributed by atoms with Crippen molar-refractivity contribution in [2.24, 2.45) is 0 Å². The second-order valence-electron chi connectivity index (χ2n) is 8.27. The molecule has 35 heavy (non-hydrogen) atoms. The Balaban J connectivity index is 1.56. The molecule has 0 spiro atoms. The van der Waals surface area contributed by atoms with Crippen LogP contribution in [0, 0.1) is 18.6 Å². The Labute approximate surface area is 213 Å². The van der Waals surface area contributed by atoms with Gasteiger partial charge >= 0.3 is 0 Å². The molecule has 0 fully saturated rings.